The van der Waals surface area contributed by atoms with Crippen molar-refractivity contribution in [2.45, 2.75) is 76.7 Å². The van der Waals surface area contributed by atoms with Crippen LogP contribution in [0.1, 0.15) is 69.2 Å². The molecule has 4 rings (SSSR count). The summed E-state index contributed by atoms with van der Waals surface area (Å²) in [6.07, 6.45) is 9.72. The smallest absolute Gasteiger partial charge is 0.231 e. The monoisotopic (exact) mass is 428 g/mol. The van der Waals surface area contributed by atoms with E-state index in [1.165, 1.54) is 0 Å². The molecule has 2 aromatic rings. The molecule has 0 spiro atoms. The minimum Gasteiger partial charge on any atom is -0.454 e. The average molecular weight is 429 g/mol. The maximum absolute atomic E-state index is 12.4. The number of hydrogen-bond donors (Lipinski definition) is 2. The van der Waals surface area contributed by atoms with Crippen molar-refractivity contribution >= 4 is 5.78 Å². The predicted octanol–water partition coefficient (Wildman–Crippen LogP) is 3.40. The quantitative estimate of drug-likeness (QED) is 0.499. The van der Waals surface area contributed by atoms with E-state index in [0.29, 0.717) is 24.5 Å². The molecule has 3 atom stereocenters. The Morgan fingerprint density at radius 2 is 2.00 bits per heavy atom. The van der Waals surface area contributed by atoms with Gasteiger partial charge in [-0.2, -0.15) is 5.21 Å². The van der Waals surface area contributed by atoms with Crippen molar-refractivity contribution < 1.29 is 19.4 Å². The molecule has 1 aliphatic carbocycles. The first-order chi connectivity index (χ1) is 15.2. The van der Waals surface area contributed by atoms with Gasteiger partial charge >= 0.3 is 0 Å². The van der Waals surface area contributed by atoms with Crippen LogP contribution >= 0.6 is 0 Å². The fourth-order valence-corrected chi connectivity index (χ4v) is 4.86. The number of aliphatic hydroxyl groups excluding tert-OH is 1. The summed E-state index contributed by atoms with van der Waals surface area (Å²) in [5.41, 5.74) is 1.05. The second-order valence-corrected chi connectivity index (χ2v) is 8.78. The van der Waals surface area contributed by atoms with Crippen molar-refractivity contribution in [3.05, 3.63) is 29.6 Å². The highest BCUT2D eigenvalue weighted by Gasteiger charge is 2.33. The first-order valence-electron chi connectivity index (χ1n) is 11.5. The molecule has 0 bridgehead atoms. The lowest BCUT2D eigenvalue weighted by Crippen LogP contribution is -2.18. The van der Waals surface area contributed by atoms with Gasteiger partial charge in [-0.25, -0.2) is 0 Å². The second-order valence-electron chi connectivity index (χ2n) is 8.78. The van der Waals surface area contributed by atoms with Gasteiger partial charge in [-0.15, -0.1) is 10.2 Å². The van der Waals surface area contributed by atoms with Crippen LogP contribution < -0.4 is 9.47 Å². The molecule has 0 unspecified atom stereocenters. The van der Waals surface area contributed by atoms with Crippen LogP contribution in [0.2, 0.25) is 0 Å². The molecule has 2 heterocycles. The maximum atomic E-state index is 12.4. The van der Waals surface area contributed by atoms with Crippen molar-refractivity contribution in [3.63, 3.8) is 0 Å². The van der Waals surface area contributed by atoms with E-state index >= 15 is 0 Å². The summed E-state index contributed by atoms with van der Waals surface area (Å²) in [4.78, 5) is 12.4. The molecule has 1 aliphatic heterocycles. The Kier molecular flexibility index (Phi) is 7.51. The normalized spacial score (nSPS) is 21.0. The number of carbonyl (C=O) groups excluding carboxylic acids is 1. The lowest BCUT2D eigenvalue weighted by molar-refractivity contribution is -0.121. The molecule has 31 heavy (non-hydrogen) atoms. The number of aromatic amines is 1. The van der Waals surface area contributed by atoms with Crippen molar-refractivity contribution in [2.75, 3.05) is 6.79 Å². The number of aryl methyl sites for hydroxylation is 1. The lowest BCUT2D eigenvalue weighted by atomic mass is 9.85. The largest absolute Gasteiger partial charge is 0.454 e. The molecule has 0 saturated heterocycles. The topological polar surface area (TPSA) is 110 Å². The Bertz CT molecular complexity index is 842. The van der Waals surface area contributed by atoms with E-state index in [1.54, 1.807) is 0 Å². The number of ketones is 1. The zero-order chi connectivity index (χ0) is 21.5. The molecule has 2 aliphatic rings. The molecule has 8 nitrogen and oxygen atoms in total. The summed E-state index contributed by atoms with van der Waals surface area (Å²) < 4.78 is 10.8. The van der Waals surface area contributed by atoms with E-state index in [-0.39, 0.29) is 12.7 Å². The summed E-state index contributed by atoms with van der Waals surface area (Å²) >= 11 is 0. The number of H-pyrrole nitrogens is 1. The van der Waals surface area contributed by atoms with Gasteiger partial charge in [0.2, 0.25) is 6.79 Å². The van der Waals surface area contributed by atoms with E-state index < -0.39 is 6.10 Å². The van der Waals surface area contributed by atoms with E-state index in [0.717, 1.165) is 80.7 Å². The Morgan fingerprint density at radius 3 is 2.87 bits per heavy atom. The number of carbonyl (C=O) groups is 1. The summed E-state index contributed by atoms with van der Waals surface area (Å²) in [5.74, 6) is 3.30. The van der Waals surface area contributed by atoms with Gasteiger partial charge in [0, 0.05) is 18.8 Å². The highest BCUT2D eigenvalue weighted by molar-refractivity contribution is 5.83. The van der Waals surface area contributed by atoms with E-state index in [9.17, 15) is 9.90 Å². The van der Waals surface area contributed by atoms with E-state index in [1.807, 2.05) is 18.2 Å². The van der Waals surface area contributed by atoms with Crippen LogP contribution in [-0.4, -0.2) is 44.4 Å². The fraction of sp³-hybridized carbons (Fsp3) is 0.652. The Balaban J connectivity index is 1.15. The van der Waals surface area contributed by atoms with Gasteiger partial charge in [-0.3, -0.25) is 4.79 Å². The van der Waals surface area contributed by atoms with Crippen molar-refractivity contribution in [3.8, 4) is 11.5 Å². The number of aliphatic hydroxyl groups is 1. The van der Waals surface area contributed by atoms with Crippen LogP contribution in [0.3, 0.4) is 0 Å². The number of aromatic nitrogens is 4. The number of hydrogen-bond acceptors (Lipinski definition) is 7. The van der Waals surface area contributed by atoms with Gasteiger partial charge in [0.15, 0.2) is 17.3 Å². The second kappa shape index (κ2) is 10.7. The molecule has 0 radical (unpaired) electrons. The van der Waals surface area contributed by atoms with Gasteiger partial charge in [0.05, 0.1) is 6.10 Å². The minimum atomic E-state index is -0.401. The molecule has 1 fully saturated rings. The summed E-state index contributed by atoms with van der Waals surface area (Å²) in [6, 6.07) is 5.84. The van der Waals surface area contributed by atoms with Gasteiger partial charge in [-0.05, 0) is 62.1 Å². The first kappa shape index (κ1) is 21.7. The number of Topliss-reactive ketones (excluding diaryl/α,β-unsaturated/α-hetero) is 1. The molecular weight excluding hydrogens is 396 g/mol. The summed E-state index contributed by atoms with van der Waals surface area (Å²) in [7, 11) is 0. The summed E-state index contributed by atoms with van der Waals surface area (Å²) in [5, 5.41) is 24.5. The third-order valence-electron chi connectivity index (χ3n) is 6.58. The van der Waals surface area contributed by atoms with Crippen molar-refractivity contribution in [1.82, 2.24) is 20.6 Å². The molecule has 1 aromatic carbocycles. The Labute approximate surface area is 182 Å². The molecule has 0 amide bonds. The third kappa shape index (κ3) is 6.03. The molecule has 1 aromatic heterocycles. The van der Waals surface area contributed by atoms with Gasteiger partial charge in [-0.1, -0.05) is 30.5 Å². The zero-order valence-electron chi connectivity index (χ0n) is 18.0. The van der Waals surface area contributed by atoms with Crippen LogP contribution in [0.5, 0.6) is 11.5 Å². The maximum Gasteiger partial charge on any atom is 0.231 e. The van der Waals surface area contributed by atoms with Gasteiger partial charge in [0.1, 0.15) is 5.78 Å². The Morgan fingerprint density at radius 1 is 1.13 bits per heavy atom. The standard InChI is InChI=1S/C23H32N4O4/c28-18(13-16-7-12-21-22(14-16)31-15-30-21)10-8-17-9-11-20(29)19(17)5-3-1-2-4-6-23-24-26-27-25-23/h7,12,14,17-19,28H,1-6,8-11,13,15H2,(H,24,25,26,27)/t17-,18+,19+/m0/s1. The minimum absolute atomic E-state index is 0.176. The predicted molar refractivity (Wildman–Crippen MR) is 114 cm³/mol. The molecule has 2 N–H and O–H groups in total. The highest BCUT2D eigenvalue weighted by atomic mass is 16.7. The van der Waals surface area contributed by atoms with Crippen LogP contribution in [0, 0.1) is 11.8 Å². The summed E-state index contributed by atoms with van der Waals surface area (Å²) in [6.45, 7) is 0.261. The highest BCUT2D eigenvalue weighted by Crippen LogP contribution is 2.37. The number of fused-ring (bicyclic) bond motifs is 1. The molecule has 1 saturated carbocycles. The third-order valence-corrected chi connectivity index (χ3v) is 6.58. The SMILES string of the molecule is O=C1CC[C@H](CC[C@@H](O)Cc2ccc3c(c2)OCO3)[C@H]1CCCCCCc1nn[nH]n1. The lowest BCUT2D eigenvalue weighted by Gasteiger charge is -2.20. The number of tetrazole rings is 1. The number of ether oxygens (including phenoxy) is 2. The van der Waals surface area contributed by atoms with E-state index in [4.69, 9.17) is 9.47 Å². The fourth-order valence-electron chi connectivity index (χ4n) is 4.86. The van der Waals surface area contributed by atoms with Crippen molar-refractivity contribution in [1.29, 1.82) is 0 Å². The number of unbranched alkanes of at least 4 members (excludes halogenated alkanes) is 3. The number of rotatable bonds is 12. The number of benzene rings is 1. The van der Waals surface area contributed by atoms with Crippen LogP contribution in [0.4, 0.5) is 0 Å². The van der Waals surface area contributed by atoms with E-state index in [2.05, 4.69) is 20.6 Å². The molecular formula is C23H32N4O4. The average Bonchev–Trinajstić information content (AvgIpc) is 3.51. The van der Waals surface area contributed by atoms with Crippen molar-refractivity contribution in [2.24, 2.45) is 11.8 Å². The number of nitrogens with one attached hydrogen (secondary N) is 1. The number of nitrogens with zero attached hydrogens (tertiary/aromatic N) is 3. The zero-order valence-corrected chi connectivity index (χ0v) is 18.0. The molecule has 168 valence electrons. The Hall–Kier alpha value is -2.48. The van der Waals surface area contributed by atoms with Crippen LogP contribution in [-0.2, 0) is 17.6 Å². The van der Waals surface area contributed by atoms with Crippen LogP contribution in [0.15, 0.2) is 18.2 Å². The van der Waals surface area contributed by atoms with Crippen LogP contribution in [0.25, 0.3) is 0 Å². The molecule has 8 heteroatoms. The van der Waals surface area contributed by atoms with Gasteiger partial charge < -0.3 is 14.6 Å². The van der Waals surface area contributed by atoms with Gasteiger partial charge in [0.25, 0.3) is 0 Å². The first-order valence-corrected chi connectivity index (χ1v) is 11.5.